The SMILES string of the molecule is O=C1CN(CCCCCO)C(=O)N1. The van der Waals surface area contributed by atoms with E-state index < -0.39 is 0 Å². The lowest BCUT2D eigenvalue weighted by atomic mass is 10.2. The Bertz CT molecular complexity index is 206. The molecule has 0 spiro atoms. The third-order valence-corrected chi connectivity index (χ3v) is 1.95. The molecule has 1 aliphatic heterocycles. The van der Waals surface area contributed by atoms with Crippen molar-refractivity contribution in [2.75, 3.05) is 19.7 Å². The Kier molecular flexibility index (Phi) is 3.70. The van der Waals surface area contributed by atoms with Gasteiger partial charge in [-0.05, 0) is 19.3 Å². The molecule has 0 radical (unpaired) electrons. The lowest BCUT2D eigenvalue weighted by Gasteiger charge is -2.11. The number of amides is 3. The number of unbranched alkanes of at least 4 members (excludes halogenated alkanes) is 2. The van der Waals surface area contributed by atoms with Crippen molar-refractivity contribution in [2.24, 2.45) is 0 Å². The van der Waals surface area contributed by atoms with Gasteiger partial charge in [0.05, 0.1) is 0 Å². The largest absolute Gasteiger partial charge is 0.396 e. The molecule has 0 aromatic heterocycles. The van der Waals surface area contributed by atoms with Gasteiger partial charge in [0, 0.05) is 13.2 Å². The maximum Gasteiger partial charge on any atom is 0.324 e. The summed E-state index contributed by atoms with van der Waals surface area (Å²) in [6.07, 6.45) is 2.47. The third-order valence-electron chi connectivity index (χ3n) is 1.95. The molecule has 5 heteroatoms. The molecule has 1 heterocycles. The molecule has 5 nitrogen and oxygen atoms in total. The minimum atomic E-state index is -0.297. The van der Waals surface area contributed by atoms with Crippen LogP contribution < -0.4 is 5.32 Å². The summed E-state index contributed by atoms with van der Waals surface area (Å²) in [5, 5.41) is 10.7. The molecule has 1 rings (SSSR count). The Morgan fingerprint density at radius 1 is 1.31 bits per heavy atom. The van der Waals surface area contributed by atoms with E-state index in [1.54, 1.807) is 0 Å². The average Bonchev–Trinajstić information content (AvgIpc) is 2.39. The predicted molar refractivity (Wildman–Crippen MR) is 46.0 cm³/mol. The molecule has 0 atom stereocenters. The van der Waals surface area contributed by atoms with E-state index in [4.69, 9.17) is 5.11 Å². The highest BCUT2D eigenvalue weighted by Gasteiger charge is 2.25. The predicted octanol–water partition coefficient (Wildman–Crippen LogP) is -0.299. The molecular weight excluding hydrogens is 172 g/mol. The molecule has 74 valence electrons. The van der Waals surface area contributed by atoms with Crippen LogP contribution in [0.5, 0.6) is 0 Å². The number of nitrogens with zero attached hydrogens (tertiary/aromatic N) is 1. The number of hydrogen-bond donors (Lipinski definition) is 2. The van der Waals surface area contributed by atoms with Gasteiger partial charge in [-0.2, -0.15) is 0 Å². The number of urea groups is 1. The molecule has 0 saturated carbocycles. The molecule has 0 aromatic rings. The summed E-state index contributed by atoms with van der Waals surface area (Å²) >= 11 is 0. The zero-order valence-electron chi connectivity index (χ0n) is 7.45. The second-order valence-electron chi connectivity index (χ2n) is 3.06. The first kappa shape index (κ1) is 9.98. The van der Waals surface area contributed by atoms with Gasteiger partial charge >= 0.3 is 6.03 Å². The number of rotatable bonds is 5. The summed E-state index contributed by atoms with van der Waals surface area (Å²) < 4.78 is 0. The van der Waals surface area contributed by atoms with E-state index in [1.165, 1.54) is 4.90 Å². The van der Waals surface area contributed by atoms with Crippen LogP contribution in [0, 0.1) is 0 Å². The fraction of sp³-hybridized carbons (Fsp3) is 0.750. The van der Waals surface area contributed by atoms with E-state index in [2.05, 4.69) is 5.32 Å². The monoisotopic (exact) mass is 186 g/mol. The van der Waals surface area contributed by atoms with Crippen LogP contribution in [-0.4, -0.2) is 41.6 Å². The van der Waals surface area contributed by atoms with Crippen molar-refractivity contribution < 1.29 is 14.7 Å². The number of carbonyl (C=O) groups is 2. The molecule has 13 heavy (non-hydrogen) atoms. The van der Waals surface area contributed by atoms with Crippen molar-refractivity contribution in [2.45, 2.75) is 19.3 Å². The van der Waals surface area contributed by atoms with Crippen LogP contribution in [-0.2, 0) is 4.79 Å². The first-order valence-corrected chi connectivity index (χ1v) is 4.43. The van der Waals surface area contributed by atoms with Crippen molar-refractivity contribution in [1.29, 1.82) is 0 Å². The van der Waals surface area contributed by atoms with Gasteiger partial charge in [0.15, 0.2) is 0 Å². The number of carbonyl (C=O) groups excluding carboxylic acids is 2. The standard InChI is InChI=1S/C8H14N2O3/c11-5-3-1-2-4-10-6-7(12)9-8(10)13/h11H,1-6H2,(H,9,12,13). The summed E-state index contributed by atoms with van der Waals surface area (Å²) in [6.45, 7) is 0.959. The van der Waals surface area contributed by atoms with Gasteiger partial charge in [-0.15, -0.1) is 0 Å². The number of nitrogens with one attached hydrogen (secondary N) is 1. The average molecular weight is 186 g/mol. The molecule has 2 N–H and O–H groups in total. The summed E-state index contributed by atoms with van der Waals surface area (Å²) in [5.74, 6) is -0.229. The Balaban J connectivity index is 2.14. The van der Waals surface area contributed by atoms with Crippen LogP contribution in [0.3, 0.4) is 0 Å². The number of imide groups is 1. The number of hydrogen-bond acceptors (Lipinski definition) is 3. The van der Waals surface area contributed by atoms with Gasteiger partial charge in [0.25, 0.3) is 0 Å². The molecule has 0 aliphatic carbocycles. The maximum absolute atomic E-state index is 11.0. The summed E-state index contributed by atoms with van der Waals surface area (Å²) in [5.41, 5.74) is 0. The Morgan fingerprint density at radius 2 is 2.08 bits per heavy atom. The van der Waals surface area contributed by atoms with Crippen LogP contribution in [0.1, 0.15) is 19.3 Å². The molecular formula is C8H14N2O3. The molecule has 0 aromatic carbocycles. The molecule has 3 amide bonds. The van der Waals surface area contributed by atoms with Crippen LogP contribution >= 0.6 is 0 Å². The highest BCUT2D eigenvalue weighted by Crippen LogP contribution is 2.02. The zero-order valence-corrected chi connectivity index (χ0v) is 7.45. The first-order valence-electron chi connectivity index (χ1n) is 4.43. The fourth-order valence-corrected chi connectivity index (χ4v) is 1.25. The van der Waals surface area contributed by atoms with E-state index in [0.717, 1.165) is 19.3 Å². The van der Waals surface area contributed by atoms with Crippen molar-refractivity contribution in [3.8, 4) is 0 Å². The molecule has 1 saturated heterocycles. The minimum Gasteiger partial charge on any atom is -0.396 e. The molecule has 1 aliphatic rings. The van der Waals surface area contributed by atoms with E-state index in [0.29, 0.717) is 6.54 Å². The smallest absolute Gasteiger partial charge is 0.324 e. The van der Waals surface area contributed by atoms with Crippen molar-refractivity contribution in [3.63, 3.8) is 0 Å². The number of aliphatic hydroxyl groups excluding tert-OH is 1. The van der Waals surface area contributed by atoms with Gasteiger partial charge < -0.3 is 10.0 Å². The van der Waals surface area contributed by atoms with Crippen LogP contribution in [0.2, 0.25) is 0 Å². The summed E-state index contributed by atoms with van der Waals surface area (Å²) in [6, 6.07) is -0.297. The van der Waals surface area contributed by atoms with E-state index >= 15 is 0 Å². The zero-order chi connectivity index (χ0) is 9.68. The molecule has 0 unspecified atom stereocenters. The van der Waals surface area contributed by atoms with Crippen molar-refractivity contribution in [1.82, 2.24) is 10.2 Å². The second-order valence-corrected chi connectivity index (χ2v) is 3.06. The Morgan fingerprint density at radius 3 is 2.62 bits per heavy atom. The second kappa shape index (κ2) is 4.81. The van der Waals surface area contributed by atoms with Crippen molar-refractivity contribution >= 4 is 11.9 Å². The van der Waals surface area contributed by atoms with Crippen LogP contribution in [0.4, 0.5) is 4.79 Å². The summed E-state index contributed by atoms with van der Waals surface area (Å²) in [4.78, 5) is 23.2. The van der Waals surface area contributed by atoms with E-state index in [9.17, 15) is 9.59 Å². The van der Waals surface area contributed by atoms with Crippen LogP contribution in [0.25, 0.3) is 0 Å². The van der Waals surface area contributed by atoms with Crippen molar-refractivity contribution in [3.05, 3.63) is 0 Å². The lowest BCUT2D eigenvalue weighted by Crippen LogP contribution is -2.29. The number of aliphatic hydroxyl groups is 1. The fourth-order valence-electron chi connectivity index (χ4n) is 1.25. The highest BCUT2D eigenvalue weighted by atomic mass is 16.3. The van der Waals surface area contributed by atoms with Gasteiger partial charge in [-0.3, -0.25) is 10.1 Å². The van der Waals surface area contributed by atoms with E-state index in [1.807, 2.05) is 0 Å². The first-order chi connectivity index (χ1) is 6.24. The topological polar surface area (TPSA) is 69.6 Å². The molecule has 0 bridgehead atoms. The van der Waals surface area contributed by atoms with Gasteiger partial charge in [-0.1, -0.05) is 0 Å². The highest BCUT2D eigenvalue weighted by molar-refractivity contribution is 6.01. The quantitative estimate of drug-likeness (QED) is 0.457. The van der Waals surface area contributed by atoms with Gasteiger partial charge in [-0.25, -0.2) is 4.79 Å². The maximum atomic E-state index is 11.0. The Labute approximate surface area is 76.7 Å². The molecule has 1 fully saturated rings. The lowest BCUT2D eigenvalue weighted by molar-refractivity contribution is -0.118. The van der Waals surface area contributed by atoms with E-state index in [-0.39, 0.29) is 25.1 Å². The van der Waals surface area contributed by atoms with Crippen LogP contribution in [0.15, 0.2) is 0 Å². The third kappa shape index (κ3) is 3.02. The minimum absolute atomic E-state index is 0.179. The normalized spacial score (nSPS) is 16.5. The van der Waals surface area contributed by atoms with Gasteiger partial charge in [0.1, 0.15) is 6.54 Å². The van der Waals surface area contributed by atoms with Gasteiger partial charge in [0.2, 0.25) is 5.91 Å². The Hall–Kier alpha value is -1.10. The summed E-state index contributed by atoms with van der Waals surface area (Å²) in [7, 11) is 0.